The Bertz CT molecular complexity index is 624. The largest absolute Gasteiger partial charge is 0.489 e. The summed E-state index contributed by atoms with van der Waals surface area (Å²) in [4.78, 5) is 5.19. The first-order valence-electron chi connectivity index (χ1n) is 7.07. The van der Waals surface area contributed by atoms with Crippen LogP contribution in [-0.4, -0.2) is 6.61 Å². The lowest BCUT2D eigenvalue weighted by Crippen LogP contribution is -2.11. The van der Waals surface area contributed by atoms with Crippen LogP contribution in [0.3, 0.4) is 0 Å². The molecule has 110 valence electrons. The molecule has 0 radical (unpaired) electrons. The fourth-order valence-corrected chi connectivity index (χ4v) is 2.41. The van der Waals surface area contributed by atoms with Gasteiger partial charge >= 0.3 is 0 Å². The molecular formula is C17H18FNO2. The minimum absolute atomic E-state index is 0.210. The molecule has 2 aromatic carbocycles. The number of rotatable bonds is 4. The van der Waals surface area contributed by atoms with Gasteiger partial charge in [0.15, 0.2) is 0 Å². The third-order valence-electron chi connectivity index (χ3n) is 3.63. The molecule has 1 aliphatic rings. The van der Waals surface area contributed by atoms with Gasteiger partial charge in [-0.1, -0.05) is 24.3 Å². The van der Waals surface area contributed by atoms with Gasteiger partial charge in [-0.2, -0.15) is 5.48 Å². The molecule has 0 saturated carbocycles. The predicted octanol–water partition coefficient (Wildman–Crippen LogP) is 3.68. The van der Waals surface area contributed by atoms with Crippen LogP contribution in [0.15, 0.2) is 42.5 Å². The Morgan fingerprint density at radius 1 is 1.29 bits per heavy atom. The lowest BCUT2D eigenvalue weighted by atomic mass is 10.0. The molecule has 3 rings (SSSR count). The highest BCUT2D eigenvalue weighted by atomic mass is 19.1. The molecule has 0 unspecified atom stereocenters. The van der Waals surface area contributed by atoms with Gasteiger partial charge in [-0.25, -0.2) is 4.39 Å². The summed E-state index contributed by atoms with van der Waals surface area (Å²) < 4.78 is 19.0. The SMILES string of the molecule is Cc1ccc([C@H]2CCON2)cc1OCc1cccc(F)c1. The molecule has 1 saturated heterocycles. The summed E-state index contributed by atoms with van der Waals surface area (Å²) in [5.41, 5.74) is 6.03. The zero-order valence-corrected chi connectivity index (χ0v) is 11.9. The van der Waals surface area contributed by atoms with Crippen molar-refractivity contribution in [3.8, 4) is 5.75 Å². The van der Waals surface area contributed by atoms with Crippen LogP contribution in [0, 0.1) is 12.7 Å². The highest BCUT2D eigenvalue weighted by Gasteiger charge is 2.18. The van der Waals surface area contributed by atoms with Crippen molar-refractivity contribution in [2.24, 2.45) is 0 Å². The summed E-state index contributed by atoms with van der Waals surface area (Å²) in [6, 6.07) is 12.8. The smallest absolute Gasteiger partial charge is 0.123 e. The van der Waals surface area contributed by atoms with E-state index < -0.39 is 0 Å². The summed E-state index contributed by atoms with van der Waals surface area (Å²) in [5, 5.41) is 0. The number of hydrogen-bond acceptors (Lipinski definition) is 3. The monoisotopic (exact) mass is 287 g/mol. The number of hydrogen-bond donors (Lipinski definition) is 1. The maximum Gasteiger partial charge on any atom is 0.123 e. The summed E-state index contributed by atoms with van der Waals surface area (Å²) in [7, 11) is 0. The van der Waals surface area contributed by atoms with Crippen LogP contribution in [0.1, 0.15) is 29.2 Å². The van der Waals surface area contributed by atoms with Crippen molar-refractivity contribution in [1.82, 2.24) is 5.48 Å². The van der Waals surface area contributed by atoms with Gasteiger partial charge in [-0.3, -0.25) is 0 Å². The second-order valence-corrected chi connectivity index (χ2v) is 5.25. The van der Waals surface area contributed by atoms with E-state index in [2.05, 4.69) is 11.5 Å². The highest BCUT2D eigenvalue weighted by molar-refractivity contribution is 5.38. The van der Waals surface area contributed by atoms with E-state index in [4.69, 9.17) is 9.57 Å². The third-order valence-corrected chi connectivity index (χ3v) is 3.63. The van der Waals surface area contributed by atoms with Gasteiger partial charge in [-0.05, 0) is 48.2 Å². The first-order valence-corrected chi connectivity index (χ1v) is 7.07. The Labute approximate surface area is 123 Å². The number of halogens is 1. The molecule has 3 nitrogen and oxygen atoms in total. The number of aryl methyl sites for hydroxylation is 1. The number of hydroxylamine groups is 1. The van der Waals surface area contributed by atoms with Crippen LogP contribution >= 0.6 is 0 Å². The van der Waals surface area contributed by atoms with Gasteiger partial charge in [0, 0.05) is 0 Å². The van der Waals surface area contributed by atoms with E-state index in [1.165, 1.54) is 12.1 Å². The van der Waals surface area contributed by atoms with Crippen LogP contribution in [-0.2, 0) is 11.4 Å². The maximum atomic E-state index is 13.2. The second kappa shape index (κ2) is 6.24. The lowest BCUT2D eigenvalue weighted by molar-refractivity contribution is 0.0882. The van der Waals surface area contributed by atoms with Crippen molar-refractivity contribution in [2.75, 3.05) is 6.61 Å². The van der Waals surface area contributed by atoms with Crippen LogP contribution in [0.4, 0.5) is 4.39 Å². The second-order valence-electron chi connectivity index (χ2n) is 5.25. The van der Waals surface area contributed by atoms with E-state index in [1.807, 2.05) is 25.1 Å². The summed E-state index contributed by atoms with van der Waals surface area (Å²) in [6.45, 7) is 3.08. The Morgan fingerprint density at radius 3 is 2.95 bits per heavy atom. The molecule has 1 heterocycles. The van der Waals surface area contributed by atoms with Gasteiger partial charge in [-0.15, -0.1) is 0 Å². The molecule has 2 aromatic rings. The van der Waals surface area contributed by atoms with E-state index in [-0.39, 0.29) is 11.9 Å². The average molecular weight is 287 g/mol. The molecular weight excluding hydrogens is 269 g/mol. The van der Waals surface area contributed by atoms with Crippen LogP contribution in [0.5, 0.6) is 5.75 Å². The van der Waals surface area contributed by atoms with Gasteiger partial charge in [0.2, 0.25) is 0 Å². The average Bonchev–Trinajstić information content (AvgIpc) is 3.01. The standard InChI is InChI=1S/C17H18FNO2/c1-12-5-6-14(16-7-8-21-19-16)10-17(12)20-11-13-3-2-4-15(18)9-13/h2-6,9-10,16,19H,7-8,11H2,1H3/t16-/m1/s1. The summed E-state index contributed by atoms with van der Waals surface area (Å²) in [5.74, 6) is 0.583. The summed E-state index contributed by atoms with van der Waals surface area (Å²) in [6.07, 6.45) is 0.951. The molecule has 0 aromatic heterocycles. The number of nitrogens with one attached hydrogen (secondary N) is 1. The molecule has 1 fully saturated rings. The quantitative estimate of drug-likeness (QED) is 0.930. The number of ether oxygens (including phenoxy) is 1. The minimum Gasteiger partial charge on any atom is -0.489 e. The van der Waals surface area contributed by atoms with Crippen LogP contribution < -0.4 is 10.2 Å². The van der Waals surface area contributed by atoms with Crippen molar-refractivity contribution < 1.29 is 14.0 Å². The molecule has 0 amide bonds. The van der Waals surface area contributed by atoms with Crippen LogP contribution in [0.2, 0.25) is 0 Å². The molecule has 1 aliphatic heterocycles. The van der Waals surface area contributed by atoms with E-state index >= 15 is 0 Å². The lowest BCUT2D eigenvalue weighted by Gasteiger charge is -2.14. The normalized spacial score (nSPS) is 17.9. The topological polar surface area (TPSA) is 30.5 Å². The van der Waals surface area contributed by atoms with E-state index in [0.717, 1.165) is 35.5 Å². The molecule has 4 heteroatoms. The maximum absolute atomic E-state index is 13.2. The first kappa shape index (κ1) is 14.0. The predicted molar refractivity (Wildman–Crippen MR) is 78.4 cm³/mol. The van der Waals surface area contributed by atoms with Gasteiger partial charge < -0.3 is 9.57 Å². The molecule has 21 heavy (non-hydrogen) atoms. The molecule has 1 N–H and O–H groups in total. The van der Waals surface area contributed by atoms with Gasteiger partial charge in [0.25, 0.3) is 0 Å². The van der Waals surface area contributed by atoms with E-state index in [9.17, 15) is 4.39 Å². The van der Waals surface area contributed by atoms with E-state index in [1.54, 1.807) is 6.07 Å². The van der Waals surface area contributed by atoms with Gasteiger partial charge in [0.1, 0.15) is 18.2 Å². The fraction of sp³-hybridized carbons (Fsp3) is 0.294. The van der Waals surface area contributed by atoms with Crippen molar-refractivity contribution in [2.45, 2.75) is 26.0 Å². The summed E-state index contributed by atoms with van der Waals surface area (Å²) >= 11 is 0. The van der Waals surface area contributed by atoms with Crippen molar-refractivity contribution >= 4 is 0 Å². The van der Waals surface area contributed by atoms with Crippen molar-refractivity contribution in [3.63, 3.8) is 0 Å². The Hall–Kier alpha value is -1.91. The zero-order chi connectivity index (χ0) is 14.7. The molecule has 0 bridgehead atoms. The van der Waals surface area contributed by atoms with E-state index in [0.29, 0.717) is 6.61 Å². The number of benzene rings is 2. The Kier molecular flexibility index (Phi) is 4.18. The minimum atomic E-state index is -0.242. The fourth-order valence-electron chi connectivity index (χ4n) is 2.41. The van der Waals surface area contributed by atoms with Crippen molar-refractivity contribution in [1.29, 1.82) is 0 Å². The zero-order valence-electron chi connectivity index (χ0n) is 11.9. The molecule has 1 atom stereocenters. The van der Waals surface area contributed by atoms with Crippen molar-refractivity contribution in [3.05, 3.63) is 65.0 Å². The van der Waals surface area contributed by atoms with Crippen LogP contribution in [0.25, 0.3) is 0 Å². The first-order chi connectivity index (χ1) is 10.2. The Morgan fingerprint density at radius 2 is 2.19 bits per heavy atom. The van der Waals surface area contributed by atoms with Gasteiger partial charge in [0.05, 0.1) is 12.6 Å². The third kappa shape index (κ3) is 3.40. The molecule has 0 spiro atoms. The highest BCUT2D eigenvalue weighted by Crippen LogP contribution is 2.27. The Balaban J connectivity index is 1.73. The molecule has 0 aliphatic carbocycles.